The van der Waals surface area contributed by atoms with E-state index in [2.05, 4.69) is 0 Å². The van der Waals surface area contributed by atoms with Gasteiger partial charge in [0.25, 0.3) is 0 Å². The highest BCUT2D eigenvalue weighted by atomic mass is 35.5. The lowest BCUT2D eigenvalue weighted by atomic mass is 10.0. The Morgan fingerprint density at radius 2 is 2.09 bits per heavy atom. The number of halogens is 1. The van der Waals surface area contributed by atoms with Crippen molar-refractivity contribution in [3.05, 3.63) is 34.9 Å². The Labute approximate surface area is 135 Å². The molecule has 1 aliphatic rings. The molecule has 6 heteroatoms. The highest BCUT2D eigenvalue weighted by Gasteiger charge is 2.35. The van der Waals surface area contributed by atoms with E-state index in [4.69, 9.17) is 21.1 Å². The Morgan fingerprint density at radius 3 is 2.73 bits per heavy atom. The second-order valence-corrected chi connectivity index (χ2v) is 6.58. The Morgan fingerprint density at radius 1 is 1.36 bits per heavy atom. The molecule has 22 heavy (non-hydrogen) atoms. The number of amides is 1. The van der Waals surface area contributed by atoms with E-state index in [0.29, 0.717) is 23.7 Å². The molecule has 5 nitrogen and oxygen atoms in total. The third-order valence-corrected chi connectivity index (χ3v) is 3.40. The summed E-state index contributed by atoms with van der Waals surface area (Å²) in [7, 11) is 0. The molecule has 1 aliphatic heterocycles. The van der Waals surface area contributed by atoms with Crippen molar-refractivity contribution >= 4 is 23.5 Å². The summed E-state index contributed by atoms with van der Waals surface area (Å²) in [6.45, 7) is 6.24. The lowest BCUT2D eigenvalue weighted by molar-refractivity contribution is -0.0265. The van der Waals surface area contributed by atoms with Gasteiger partial charge in [-0.2, -0.15) is 0 Å². The predicted molar refractivity (Wildman–Crippen MR) is 83.3 cm³/mol. The highest BCUT2D eigenvalue weighted by Crippen LogP contribution is 2.19. The van der Waals surface area contributed by atoms with Gasteiger partial charge in [0.15, 0.2) is 5.78 Å². The second-order valence-electron chi connectivity index (χ2n) is 6.14. The zero-order chi connectivity index (χ0) is 16.3. The summed E-state index contributed by atoms with van der Waals surface area (Å²) in [4.78, 5) is 26.4. The molecule has 0 saturated carbocycles. The van der Waals surface area contributed by atoms with E-state index in [9.17, 15) is 9.59 Å². The van der Waals surface area contributed by atoms with Gasteiger partial charge in [-0.15, -0.1) is 0 Å². The van der Waals surface area contributed by atoms with E-state index in [-0.39, 0.29) is 12.4 Å². The van der Waals surface area contributed by atoms with Crippen molar-refractivity contribution in [2.75, 3.05) is 19.8 Å². The third-order valence-electron chi connectivity index (χ3n) is 3.17. The summed E-state index contributed by atoms with van der Waals surface area (Å²) in [6.07, 6.45) is -0.504. The maximum atomic E-state index is 12.6. The van der Waals surface area contributed by atoms with Crippen molar-refractivity contribution < 1.29 is 19.1 Å². The summed E-state index contributed by atoms with van der Waals surface area (Å²) >= 11 is 5.93. The van der Waals surface area contributed by atoms with Crippen LogP contribution in [0.5, 0.6) is 0 Å². The van der Waals surface area contributed by atoms with Crippen molar-refractivity contribution in [2.45, 2.75) is 32.4 Å². The number of hydrogen-bond acceptors (Lipinski definition) is 4. The number of carbonyl (C=O) groups is 2. The van der Waals surface area contributed by atoms with Crippen LogP contribution in [0, 0.1) is 0 Å². The van der Waals surface area contributed by atoms with Gasteiger partial charge in [0.1, 0.15) is 11.6 Å². The number of benzene rings is 1. The minimum absolute atomic E-state index is 0.157. The van der Waals surface area contributed by atoms with Gasteiger partial charge in [-0.3, -0.25) is 9.69 Å². The molecule has 120 valence electrons. The van der Waals surface area contributed by atoms with Crippen LogP contribution in [0.3, 0.4) is 0 Å². The zero-order valence-electron chi connectivity index (χ0n) is 13.0. The van der Waals surface area contributed by atoms with Crippen molar-refractivity contribution in [3.8, 4) is 0 Å². The Hall–Kier alpha value is -1.59. The summed E-state index contributed by atoms with van der Waals surface area (Å²) in [5, 5.41) is 0.478. The van der Waals surface area contributed by atoms with Crippen molar-refractivity contribution in [3.63, 3.8) is 0 Å². The third kappa shape index (κ3) is 4.21. The van der Waals surface area contributed by atoms with Gasteiger partial charge in [-0.25, -0.2) is 4.79 Å². The average Bonchev–Trinajstić information content (AvgIpc) is 2.44. The molecule has 0 spiro atoms. The maximum absolute atomic E-state index is 12.6. The average molecular weight is 326 g/mol. The molecule has 0 N–H and O–H groups in total. The van der Waals surface area contributed by atoms with Crippen LogP contribution in [0.2, 0.25) is 5.02 Å². The minimum Gasteiger partial charge on any atom is -0.444 e. The standard InChI is InChI=1S/C16H20ClNO4/c1-16(2,3)22-15(20)18-7-8-21-10-13(18)14(19)11-5-4-6-12(17)9-11/h4-6,9,13H,7-8,10H2,1-3H3. The van der Waals surface area contributed by atoms with E-state index in [1.165, 1.54) is 4.90 Å². The lowest BCUT2D eigenvalue weighted by Gasteiger charge is -2.35. The molecule has 1 amide bonds. The molecule has 1 aromatic rings. The largest absolute Gasteiger partial charge is 0.444 e. The van der Waals surface area contributed by atoms with Crippen molar-refractivity contribution in [1.82, 2.24) is 4.90 Å². The van der Waals surface area contributed by atoms with Crippen LogP contribution in [0.1, 0.15) is 31.1 Å². The zero-order valence-corrected chi connectivity index (χ0v) is 13.7. The number of ketones is 1. The molecule has 1 unspecified atom stereocenters. The van der Waals surface area contributed by atoms with Gasteiger partial charge in [0.2, 0.25) is 0 Å². The van der Waals surface area contributed by atoms with Gasteiger partial charge in [-0.1, -0.05) is 23.7 Å². The van der Waals surface area contributed by atoms with Crippen LogP contribution in [0.25, 0.3) is 0 Å². The monoisotopic (exact) mass is 325 g/mol. The van der Waals surface area contributed by atoms with Gasteiger partial charge in [-0.05, 0) is 32.9 Å². The first-order valence-corrected chi connectivity index (χ1v) is 7.53. The topological polar surface area (TPSA) is 55.8 Å². The van der Waals surface area contributed by atoms with Gasteiger partial charge >= 0.3 is 6.09 Å². The van der Waals surface area contributed by atoms with Crippen LogP contribution in [-0.4, -0.2) is 48.2 Å². The lowest BCUT2D eigenvalue weighted by Crippen LogP contribution is -2.53. The number of carbonyl (C=O) groups excluding carboxylic acids is 2. The molecule has 1 heterocycles. The Bertz CT molecular complexity index is 568. The molecule has 0 aliphatic carbocycles. The molecule has 1 saturated heterocycles. The van der Waals surface area contributed by atoms with Gasteiger partial charge < -0.3 is 9.47 Å². The smallest absolute Gasteiger partial charge is 0.411 e. The maximum Gasteiger partial charge on any atom is 0.411 e. The SMILES string of the molecule is CC(C)(C)OC(=O)N1CCOCC1C(=O)c1cccc(Cl)c1. The number of rotatable bonds is 2. The Kier molecular flexibility index (Phi) is 5.08. The fourth-order valence-corrected chi connectivity index (χ4v) is 2.38. The molecule has 2 rings (SSSR count). The van der Waals surface area contributed by atoms with E-state index in [1.54, 1.807) is 45.0 Å². The van der Waals surface area contributed by atoms with Crippen LogP contribution in [-0.2, 0) is 9.47 Å². The summed E-state index contributed by atoms with van der Waals surface area (Å²) in [6, 6.07) is 5.97. The number of morpholine rings is 1. The first kappa shape index (κ1) is 16.8. The van der Waals surface area contributed by atoms with Crippen LogP contribution in [0.15, 0.2) is 24.3 Å². The first-order chi connectivity index (χ1) is 10.3. The van der Waals surface area contributed by atoms with E-state index >= 15 is 0 Å². The van der Waals surface area contributed by atoms with Crippen LogP contribution < -0.4 is 0 Å². The number of ether oxygens (including phenoxy) is 2. The molecule has 1 aromatic carbocycles. The molecule has 0 radical (unpaired) electrons. The quantitative estimate of drug-likeness (QED) is 0.784. The predicted octanol–water partition coefficient (Wildman–Crippen LogP) is 3.16. The Balaban J connectivity index is 2.19. The van der Waals surface area contributed by atoms with Gasteiger partial charge in [0, 0.05) is 17.1 Å². The fourth-order valence-electron chi connectivity index (χ4n) is 2.19. The molecular formula is C16H20ClNO4. The fraction of sp³-hybridized carbons (Fsp3) is 0.500. The number of Topliss-reactive ketones (excluding diaryl/α,β-unsaturated/α-hetero) is 1. The second kappa shape index (κ2) is 6.67. The van der Waals surface area contributed by atoms with Gasteiger partial charge in [0.05, 0.1) is 13.2 Å². The minimum atomic E-state index is -0.693. The van der Waals surface area contributed by atoms with E-state index < -0.39 is 17.7 Å². The molecule has 1 fully saturated rings. The highest BCUT2D eigenvalue weighted by molar-refractivity contribution is 6.31. The number of nitrogens with zero attached hydrogens (tertiary/aromatic N) is 1. The number of hydrogen-bond donors (Lipinski definition) is 0. The van der Waals surface area contributed by atoms with E-state index in [1.807, 2.05) is 0 Å². The van der Waals surface area contributed by atoms with E-state index in [0.717, 1.165) is 0 Å². The van der Waals surface area contributed by atoms with Crippen molar-refractivity contribution in [2.24, 2.45) is 0 Å². The molecule has 0 bridgehead atoms. The van der Waals surface area contributed by atoms with Crippen LogP contribution in [0.4, 0.5) is 4.79 Å². The summed E-state index contributed by atoms with van der Waals surface area (Å²) in [5.41, 5.74) is -0.157. The summed E-state index contributed by atoms with van der Waals surface area (Å²) in [5.74, 6) is -0.201. The first-order valence-electron chi connectivity index (χ1n) is 7.15. The summed E-state index contributed by atoms with van der Waals surface area (Å²) < 4.78 is 10.7. The molecule has 1 atom stereocenters. The molecule has 0 aromatic heterocycles. The van der Waals surface area contributed by atoms with Crippen LogP contribution >= 0.6 is 11.6 Å². The molecular weight excluding hydrogens is 306 g/mol. The van der Waals surface area contributed by atoms with Crippen molar-refractivity contribution in [1.29, 1.82) is 0 Å². The normalized spacial score (nSPS) is 18.9.